The molecule has 1 unspecified atom stereocenters. The highest BCUT2D eigenvalue weighted by Crippen LogP contribution is 2.25. The number of hydrogen-bond acceptors (Lipinski definition) is 3. The highest BCUT2D eigenvalue weighted by molar-refractivity contribution is 5.77. The Labute approximate surface area is 122 Å². The van der Waals surface area contributed by atoms with Crippen LogP contribution >= 0.6 is 0 Å². The zero-order valence-electron chi connectivity index (χ0n) is 12.6. The molecule has 1 saturated carbocycles. The van der Waals surface area contributed by atoms with E-state index in [1.807, 2.05) is 0 Å². The molecule has 1 amide bonds. The third kappa shape index (κ3) is 5.41. The van der Waals surface area contributed by atoms with Crippen LogP contribution in [0.2, 0.25) is 0 Å². The number of hydrogen-bond donors (Lipinski definition) is 2. The number of aliphatic hydroxyl groups excluding tert-OH is 1. The van der Waals surface area contributed by atoms with E-state index in [1.165, 1.54) is 32.1 Å². The Hall–Kier alpha value is -0.610. The number of rotatable bonds is 6. The number of piperidine rings is 1. The first-order valence-electron chi connectivity index (χ1n) is 8.38. The van der Waals surface area contributed by atoms with E-state index in [0.717, 1.165) is 44.8 Å². The maximum atomic E-state index is 11.9. The van der Waals surface area contributed by atoms with Crippen LogP contribution in [0, 0.1) is 11.8 Å². The molecule has 2 aliphatic rings. The van der Waals surface area contributed by atoms with Crippen LogP contribution in [0.3, 0.4) is 0 Å². The molecule has 0 aromatic carbocycles. The molecular weight excluding hydrogens is 252 g/mol. The lowest BCUT2D eigenvalue weighted by atomic mass is 9.87. The molecule has 0 radical (unpaired) electrons. The van der Waals surface area contributed by atoms with Gasteiger partial charge >= 0.3 is 0 Å². The van der Waals surface area contributed by atoms with E-state index in [9.17, 15) is 9.90 Å². The molecule has 1 atom stereocenters. The minimum Gasteiger partial charge on any atom is -0.396 e. The number of nitrogens with one attached hydrogen (secondary N) is 1. The lowest BCUT2D eigenvalue weighted by Gasteiger charge is -2.31. The van der Waals surface area contributed by atoms with Crippen LogP contribution in [0.25, 0.3) is 0 Å². The van der Waals surface area contributed by atoms with Gasteiger partial charge in [0, 0.05) is 19.7 Å². The molecule has 1 aliphatic carbocycles. The minimum atomic E-state index is 0.152. The summed E-state index contributed by atoms with van der Waals surface area (Å²) in [5.41, 5.74) is 0. The minimum absolute atomic E-state index is 0.152. The van der Waals surface area contributed by atoms with Crippen LogP contribution in [0.1, 0.15) is 51.4 Å². The summed E-state index contributed by atoms with van der Waals surface area (Å²) in [6, 6.07) is 0. The highest BCUT2D eigenvalue weighted by atomic mass is 16.3. The Bertz CT molecular complexity index is 290. The smallest absolute Gasteiger partial charge is 0.234 e. The molecule has 4 nitrogen and oxygen atoms in total. The Morgan fingerprint density at radius 2 is 1.85 bits per heavy atom. The van der Waals surface area contributed by atoms with E-state index in [1.54, 1.807) is 0 Å². The monoisotopic (exact) mass is 282 g/mol. The van der Waals surface area contributed by atoms with Crippen molar-refractivity contribution in [2.45, 2.75) is 51.4 Å². The van der Waals surface area contributed by atoms with Gasteiger partial charge in [0.05, 0.1) is 6.54 Å². The quantitative estimate of drug-likeness (QED) is 0.781. The second-order valence-electron chi connectivity index (χ2n) is 6.57. The van der Waals surface area contributed by atoms with Gasteiger partial charge in [0.2, 0.25) is 5.91 Å². The van der Waals surface area contributed by atoms with Crippen molar-refractivity contribution in [1.29, 1.82) is 0 Å². The summed E-state index contributed by atoms with van der Waals surface area (Å²) in [5, 5.41) is 12.3. The van der Waals surface area contributed by atoms with Gasteiger partial charge in [-0.25, -0.2) is 0 Å². The maximum Gasteiger partial charge on any atom is 0.234 e. The molecule has 2 fully saturated rings. The SMILES string of the molecule is O=C(CN1CCCC(CO)C1)NCCC1CCCCC1. The summed E-state index contributed by atoms with van der Waals surface area (Å²) >= 11 is 0. The molecule has 1 aliphatic heterocycles. The Kier molecular flexibility index (Phi) is 6.80. The van der Waals surface area contributed by atoms with Crippen LogP contribution in [0.15, 0.2) is 0 Å². The van der Waals surface area contributed by atoms with Gasteiger partial charge < -0.3 is 10.4 Å². The van der Waals surface area contributed by atoms with Gasteiger partial charge in [0.15, 0.2) is 0 Å². The Morgan fingerprint density at radius 1 is 1.10 bits per heavy atom. The molecule has 2 rings (SSSR count). The molecule has 116 valence electrons. The fourth-order valence-electron chi connectivity index (χ4n) is 3.59. The van der Waals surface area contributed by atoms with Gasteiger partial charge in [-0.2, -0.15) is 0 Å². The van der Waals surface area contributed by atoms with Crippen molar-refractivity contribution in [2.75, 3.05) is 32.8 Å². The second-order valence-corrected chi connectivity index (χ2v) is 6.57. The average molecular weight is 282 g/mol. The zero-order chi connectivity index (χ0) is 14.2. The summed E-state index contributed by atoms with van der Waals surface area (Å²) in [5.74, 6) is 1.34. The predicted molar refractivity (Wildman–Crippen MR) is 80.5 cm³/mol. The molecule has 2 N–H and O–H groups in total. The molecule has 0 aromatic rings. The van der Waals surface area contributed by atoms with Gasteiger partial charge in [-0.05, 0) is 37.6 Å². The molecule has 4 heteroatoms. The Morgan fingerprint density at radius 3 is 2.60 bits per heavy atom. The van der Waals surface area contributed by atoms with Crippen molar-refractivity contribution in [3.8, 4) is 0 Å². The fraction of sp³-hybridized carbons (Fsp3) is 0.938. The summed E-state index contributed by atoms with van der Waals surface area (Å²) in [4.78, 5) is 14.1. The van der Waals surface area contributed by atoms with Crippen molar-refractivity contribution in [2.24, 2.45) is 11.8 Å². The van der Waals surface area contributed by atoms with Crippen LogP contribution in [-0.2, 0) is 4.79 Å². The Balaban J connectivity index is 1.57. The molecule has 0 spiro atoms. The predicted octanol–water partition coefficient (Wildman–Crippen LogP) is 1.78. The van der Waals surface area contributed by atoms with E-state index in [4.69, 9.17) is 0 Å². The van der Waals surface area contributed by atoms with Crippen LogP contribution in [0.5, 0.6) is 0 Å². The van der Waals surface area contributed by atoms with E-state index in [0.29, 0.717) is 12.5 Å². The summed E-state index contributed by atoms with van der Waals surface area (Å²) < 4.78 is 0. The van der Waals surface area contributed by atoms with Gasteiger partial charge in [0.1, 0.15) is 0 Å². The number of amides is 1. The number of likely N-dealkylation sites (tertiary alicyclic amines) is 1. The summed E-state index contributed by atoms with van der Waals surface area (Å²) in [6.07, 6.45) is 10.2. The zero-order valence-corrected chi connectivity index (χ0v) is 12.6. The lowest BCUT2D eigenvalue weighted by molar-refractivity contribution is -0.122. The molecule has 0 bridgehead atoms. The van der Waals surface area contributed by atoms with Gasteiger partial charge in [0.25, 0.3) is 0 Å². The largest absolute Gasteiger partial charge is 0.396 e. The molecule has 1 saturated heterocycles. The van der Waals surface area contributed by atoms with Crippen molar-refractivity contribution in [1.82, 2.24) is 10.2 Å². The summed E-state index contributed by atoms with van der Waals surface area (Å²) in [7, 11) is 0. The molecular formula is C16H30N2O2. The number of nitrogens with zero attached hydrogens (tertiary/aromatic N) is 1. The van der Waals surface area contributed by atoms with Crippen LogP contribution < -0.4 is 5.32 Å². The van der Waals surface area contributed by atoms with E-state index < -0.39 is 0 Å². The lowest BCUT2D eigenvalue weighted by Crippen LogP contribution is -2.43. The third-order valence-corrected chi connectivity index (χ3v) is 4.83. The van der Waals surface area contributed by atoms with Gasteiger partial charge in [-0.15, -0.1) is 0 Å². The van der Waals surface area contributed by atoms with Crippen molar-refractivity contribution >= 4 is 5.91 Å². The summed E-state index contributed by atoms with van der Waals surface area (Å²) in [6.45, 7) is 3.45. The second kappa shape index (κ2) is 8.63. The molecule has 0 aromatic heterocycles. The molecule has 20 heavy (non-hydrogen) atoms. The highest BCUT2D eigenvalue weighted by Gasteiger charge is 2.21. The van der Waals surface area contributed by atoms with Crippen LogP contribution in [0.4, 0.5) is 0 Å². The number of carbonyl (C=O) groups excluding carboxylic acids is 1. The van der Waals surface area contributed by atoms with Crippen molar-refractivity contribution in [3.63, 3.8) is 0 Å². The first kappa shape index (κ1) is 15.8. The standard InChI is InChI=1S/C16H30N2O2/c19-13-15-7-4-10-18(11-15)12-16(20)17-9-8-14-5-2-1-3-6-14/h14-15,19H,1-13H2,(H,17,20). The number of aliphatic hydroxyl groups is 1. The maximum absolute atomic E-state index is 11.9. The van der Waals surface area contributed by atoms with Crippen molar-refractivity contribution in [3.05, 3.63) is 0 Å². The first-order chi connectivity index (χ1) is 9.78. The normalized spacial score (nSPS) is 25.6. The average Bonchev–Trinajstić information content (AvgIpc) is 2.48. The van der Waals surface area contributed by atoms with Crippen molar-refractivity contribution < 1.29 is 9.90 Å². The van der Waals surface area contributed by atoms with E-state index in [-0.39, 0.29) is 12.5 Å². The first-order valence-corrected chi connectivity index (χ1v) is 8.38. The van der Waals surface area contributed by atoms with Gasteiger partial charge in [-0.1, -0.05) is 32.1 Å². The van der Waals surface area contributed by atoms with E-state index >= 15 is 0 Å². The van der Waals surface area contributed by atoms with Crippen LogP contribution in [-0.4, -0.2) is 48.7 Å². The molecule has 1 heterocycles. The topological polar surface area (TPSA) is 52.6 Å². The van der Waals surface area contributed by atoms with E-state index in [2.05, 4.69) is 10.2 Å². The number of carbonyl (C=O) groups is 1. The third-order valence-electron chi connectivity index (χ3n) is 4.83. The van der Waals surface area contributed by atoms with Gasteiger partial charge in [-0.3, -0.25) is 9.69 Å². The fourth-order valence-corrected chi connectivity index (χ4v) is 3.59.